The van der Waals surface area contributed by atoms with E-state index in [-0.39, 0.29) is 30.2 Å². The highest BCUT2D eigenvalue weighted by Crippen LogP contribution is 2.22. The highest BCUT2D eigenvalue weighted by Gasteiger charge is 2.17. The number of aromatic amines is 1. The van der Waals surface area contributed by atoms with Gasteiger partial charge in [-0.05, 0) is 25.3 Å². The molecule has 0 aliphatic carbocycles. The van der Waals surface area contributed by atoms with Crippen LogP contribution in [0.4, 0.5) is 11.8 Å². The number of aromatic nitrogens is 3. The molecule has 1 saturated heterocycles. The third kappa shape index (κ3) is 5.05. The van der Waals surface area contributed by atoms with Crippen LogP contribution < -0.4 is 15.8 Å². The van der Waals surface area contributed by atoms with Gasteiger partial charge in [-0.1, -0.05) is 36.3 Å². The van der Waals surface area contributed by atoms with Gasteiger partial charge in [0.05, 0.1) is 13.2 Å². The van der Waals surface area contributed by atoms with Gasteiger partial charge in [0.15, 0.2) is 0 Å². The zero-order valence-electron chi connectivity index (χ0n) is 18.3. The second kappa shape index (κ2) is 9.78. The smallest absolute Gasteiger partial charge is 0.255 e. The number of hydrogen-bond donors (Lipinski definition) is 2. The van der Waals surface area contributed by atoms with Crippen LogP contribution in [-0.2, 0) is 22.4 Å². The molecule has 4 rings (SSSR count). The minimum atomic E-state index is -0.259. The maximum absolute atomic E-state index is 12.6. The lowest BCUT2D eigenvalue weighted by atomic mass is 10.1. The third-order valence-corrected chi connectivity index (χ3v) is 5.55. The fraction of sp³-hybridized carbons (Fsp3) is 0.391. The van der Waals surface area contributed by atoms with Gasteiger partial charge in [-0.3, -0.25) is 19.9 Å². The average Bonchev–Trinajstić information content (AvgIpc) is 3.27. The van der Waals surface area contributed by atoms with Crippen molar-refractivity contribution in [2.75, 3.05) is 36.5 Å². The first-order chi connectivity index (χ1) is 15.5. The van der Waals surface area contributed by atoms with Crippen LogP contribution in [0.15, 0.2) is 39.6 Å². The molecule has 1 aliphatic rings. The number of aryl methyl sites for hydroxylation is 2. The first-order valence-corrected chi connectivity index (χ1v) is 10.8. The van der Waals surface area contributed by atoms with E-state index in [1.807, 2.05) is 29.2 Å². The molecule has 2 N–H and O–H groups in total. The molecule has 3 heterocycles. The highest BCUT2D eigenvalue weighted by atomic mass is 16.5. The van der Waals surface area contributed by atoms with Crippen molar-refractivity contribution in [3.63, 3.8) is 0 Å². The van der Waals surface area contributed by atoms with Gasteiger partial charge < -0.3 is 14.2 Å². The summed E-state index contributed by atoms with van der Waals surface area (Å²) in [7, 11) is 0. The van der Waals surface area contributed by atoms with E-state index < -0.39 is 0 Å². The first kappa shape index (κ1) is 21.8. The maximum atomic E-state index is 12.6. The zero-order valence-corrected chi connectivity index (χ0v) is 18.3. The van der Waals surface area contributed by atoms with Gasteiger partial charge in [-0.15, -0.1) is 0 Å². The number of nitrogens with zero attached hydrogens (tertiary/aromatic N) is 3. The van der Waals surface area contributed by atoms with E-state index in [0.29, 0.717) is 49.2 Å². The van der Waals surface area contributed by atoms with Gasteiger partial charge >= 0.3 is 0 Å². The topological polar surface area (TPSA) is 113 Å². The standard InChI is InChI=1S/C23H27N5O4/c1-3-16-4-6-17(7-5-16)19-14-21(32-27-19)25-20(29)9-8-18-15(2)24-23(26-22(18)30)28-10-12-31-13-11-28/h4-7,14H,3,8-13H2,1-2H3,(H,25,29)(H,24,26,30). The molecule has 1 aliphatic heterocycles. The summed E-state index contributed by atoms with van der Waals surface area (Å²) >= 11 is 0. The molecule has 2 aromatic heterocycles. The van der Waals surface area contributed by atoms with Gasteiger partial charge in [0, 0.05) is 42.4 Å². The Morgan fingerprint density at radius 2 is 1.97 bits per heavy atom. The Bertz CT molecular complexity index is 1130. The molecule has 1 fully saturated rings. The van der Waals surface area contributed by atoms with Crippen LogP contribution in [0, 0.1) is 6.92 Å². The largest absolute Gasteiger partial charge is 0.378 e. The van der Waals surface area contributed by atoms with E-state index in [0.717, 1.165) is 12.0 Å². The molecule has 3 aromatic rings. The molecule has 0 radical (unpaired) electrons. The summed E-state index contributed by atoms with van der Waals surface area (Å²) in [5.41, 5.74) is 3.72. The summed E-state index contributed by atoms with van der Waals surface area (Å²) in [6.07, 6.45) is 1.38. The van der Waals surface area contributed by atoms with Crippen LogP contribution in [-0.4, -0.2) is 47.3 Å². The average molecular weight is 438 g/mol. The van der Waals surface area contributed by atoms with E-state index in [1.54, 1.807) is 13.0 Å². The van der Waals surface area contributed by atoms with Crippen molar-refractivity contribution in [3.05, 3.63) is 57.5 Å². The molecule has 9 heteroatoms. The fourth-order valence-corrected chi connectivity index (χ4v) is 3.63. The lowest BCUT2D eigenvalue weighted by molar-refractivity contribution is -0.116. The maximum Gasteiger partial charge on any atom is 0.255 e. The number of anilines is 2. The van der Waals surface area contributed by atoms with E-state index in [2.05, 4.69) is 27.4 Å². The van der Waals surface area contributed by atoms with Crippen molar-refractivity contribution < 1.29 is 14.1 Å². The quantitative estimate of drug-likeness (QED) is 0.584. The van der Waals surface area contributed by atoms with Crippen LogP contribution in [0.1, 0.15) is 30.2 Å². The van der Waals surface area contributed by atoms with Crippen molar-refractivity contribution in [3.8, 4) is 11.3 Å². The molecule has 168 valence electrons. The summed E-state index contributed by atoms with van der Waals surface area (Å²) in [5.74, 6) is 0.561. The Morgan fingerprint density at radius 3 is 2.66 bits per heavy atom. The molecule has 0 saturated carbocycles. The van der Waals surface area contributed by atoms with E-state index >= 15 is 0 Å². The van der Waals surface area contributed by atoms with Crippen LogP contribution in [0.3, 0.4) is 0 Å². The highest BCUT2D eigenvalue weighted by molar-refractivity contribution is 5.90. The second-order valence-corrected chi connectivity index (χ2v) is 7.73. The number of rotatable bonds is 7. The first-order valence-electron chi connectivity index (χ1n) is 10.8. The van der Waals surface area contributed by atoms with Gasteiger partial charge in [0.25, 0.3) is 5.56 Å². The van der Waals surface area contributed by atoms with E-state index in [1.165, 1.54) is 5.56 Å². The molecule has 0 atom stereocenters. The molecular formula is C23H27N5O4. The van der Waals surface area contributed by atoms with Crippen molar-refractivity contribution in [1.29, 1.82) is 0 Å². The Balaban J connectivity index is 1.36. The number of hydrogen-bond acceptors (Lipinski definition) is 7. The van der Waals surface area contributed by atoms with Crippen LogP contribution in [0.25, 0.3) is 11.3 Å². The summed E-state index contributed by atoms with van der Waals surface area (Å²) < 4.78 is 10.6. The van der Waals surface area contributed by atoms with Gasteiger partial charge in [-0.2, -0.15) is 0 Å². The van der Waals surface area contributed by atoms with Crippen molar-refractivity contribution >= 4 is 17.7 Å². The van der Waals surface area contributed by atoms with Crippen molar-refractivity contribution in [1.82, 2.24) is 15.1 Å². The van der Waals surface area contributed by atoms with Crippen LogP contribution in [0.5, 0.6) is 0 Å². The number of H-pyrrole nitrogens is 1. The lowest BCUT2D eigenvalue weighted by Crippen LogP contribution is -2.38. The number of morpholine rings is 1. The van der Waals surface area contributed by atoms with E-state index in [4.69, 9.17) is 9.26 Å². The summed E-state index contributed by atoms with van der Waals surface area (Å²) in [4.78, 5) is 34.3. The third-order valence-electron chi connectivity index (χ3n) is 5.55. The Labute approximate surface area is 185 Å². The summed E-state index contributed by atoms with van der Waals surface area (Å²) in [5, 5.41) is 6.73. The lowest BCUT2D eigenvalue weighted by Gasteiger charge is -2.27. The molecule has 0 bridgehead atoms. The van der Waals surface area contributed by atoms with Gasteiger partial charge in [0.1, 0.15) is 5.69 Å². The second-order valence-electron chi connectivity index (χ2n) is 7.73. The minimum Gasteiger partial charge on any atom is -0.378 e. The number of amides is 1. The molecule has 9 nitrogen and oxygen atoms in total. The van der Waals surface area contributed by atoms with Gasteiger partial charge in [-0.25, -0.2) is 4.98 Å². The van der Waals surface area contributed by atoms with Crippen LogP contribution in [0.2, 0.25) is 0 Å². The SMILES string of the molecule is CCc1ccc(-c2cc(NC(=O)CCc3c(C)nc(N4CCOCC4)[nH]c3=O)on2)cc1. The minimum absolute atomic E-state index is 0.129. The predicted molar refractivity (Wildman–Crippen MR) is 121 cm³/mol. The number of carbonyl (C=O) groups excluding carboxylic acids is 1. The van der Waals surface area contributed by atoms with Crippen molar-refractivity contribution in [2.45, 2.75) is 33.1 Å². The molecule has 0 unspecified atom stereocenters. The van der Waals surface area contributed by atoms with Gasteiger partial charge in [0.2, 0.25) is 17.7 Å². The van der Waals surface area contributed by atoms with E-state index in [9.17, 15) is 9.59 Å². The number of nitrogens with one attached hydrogen (secondary N) is 2. The predicted octanol–water partition coefficient (Wildman–Crippen LogP) is 2.70. The molecule has 0 spiro atoms. The monoisotopic (exact) mass is 437 g/mol. The Kier molecular flexibility index (Phi) is 6.65. The Hall–Kier alpha value is -3.46. The Morgan fingerprint density at radius 1 is 1.22 bits per heavy atom. The van der Waals surface area contributed by atoms with Crippen molar-refractivity contribution in [2.24, 2.45) is 0 Å². The number of ether oxygens (including phenoxy) is 1. The molecular weight excluding hydrogens is 410 g/mol. The molecule has 32 heavy (non-hydrogen) atoms. The summed E-state index contributed by atoms with van der Waals surface area (Å²) in [6.45, 7) is 6.48. The number of carbonyl (C=O) groups is 1. The summed E-state index contributed by atoms with van der Waals surface area (Å²) in [6, 6.07) is 9.73. The number of benzene rings is 1. The molecule has 1 amide bonds. The zero-order chi connectivity index (χ0) is 22.5. The van der Waals surface area contributed by atoms with Crippen LogP contribution >= 0.6 is 0 Å². The fourth-order valence-electron chi connectivity index (χ4n) is 3.63. The normalized spacial score (nSPS) is 13.9. The molecule has 1 aromatic carbocycles.